The zero-order chi connectivity index (χ0) is 21.7. The van der Waals surface area contributed by atoms with E-state index in [1.807, 2.05) is 48.6 Å². The number of benzene rings is 2. The lowest BCUT2D eigenvalue weighted by atomic mass is 9.65. The number of hydrogen-bond donors (Lipinski definition) is 0. The Morgan fingerprint density at radius 3 is 1.83 bits per heavy atom. The number of carbonyl (C=O) groups is 2. The molecule has 5 heteroatoms. The summed E-state index contributed by atoms with van der Waals surface area (Å²) in [6.07, 6.45) is 6.60. The molecule has 0 radical (unpaired) electrons. The number of rotatable bonds is 6. The third-order valence-electron chi connectivity index (χ3n) is 5.47. The summed E-state index contributed by atoms with van der Waals surface area (Å²) < 4.78 is 15.7. The van der Waals surface area contributed by atoms with Gasteiger partial charge in [0.05, 0.1) is 7.11 Å². The van der Waals surface area contributed by atoms with E-state index in [-0.39, 0.29) is 23.3 Å². The summed E-state index contributed by atoms with van der Waals surface area (Å²) in [6, 6.07) is 15.6. The molecule has 1 aliphatic carbocycles. The maximum absolute atomic E-state index is 11.3. The van der Waals surface area contributed by atoms with Gasteiger partial charge in [-0.15, -0.1) is 0 Å². The molecule has 30 heavy (non-hydrogen) atoms. The van der Waals surface area contributed by atoms with Crippen molar-refractivity contribution in [3.63, 3.8) is 0 Å². The molecule has 0 aliphatic heterocycles. The molecule has 0 saturated heterocycles. The van der Waals surface area contributed by atoms with E-state index in [0.29, 0.717) is 17.9 Å². The molecule has 0 saturated carbocycles. The lowest BCUT2D eigenvalue weighted by Gasteiger charge is -2.38. The van der Waals surface area contributed by atoms with Crippen LogP contribution in [0.15, 0.2) is 72.5 Å². The van der Waals surface area contributed by atoms with Gasteiger partial charge in [-0.2, -0.15) is 0 Å². The molecule has 156 valence electrons. The minimum absolute atomic E-state index is 0.129. The number of ether oxygens (including phenoxy) is 3. The van der Waals surface area contributed by atoms with Gasteiger partial charge in [-0.05, 0) is 59.9 Å². The van der Waals surface area contributed by atoms with E-state index in [9.17, 15) is 9.59 Å². The fourth-order valence-corrected chi connectivity index (χ4v) is 3.84. The average Bonchev–Trinajstić information content (AvgIpc) is 2.73. The molecule has 0 N–H and O–H groups in total. The first kappa shape index (κ1) is 21.4. The van der Waals surface area contributed by atoms with E-state index in [1.165, 1.54) is 13.8 Å². The largest absolute Gasteiger partial charge is 0.497 e. The van der Waals surface area contributed by atoms with Gasteiger partial charge in [-0.25, -0.2) is 0 Å². The van der Waals surface area contributed by atoms with E-state index >= 15 is 0 Å². The highest BCUT2D eigenvalue weighted by molar-refractivity contribution is 5.69. The van der Waals surface area contributed by atoms with Crippen molar-refractivity contribution in [1.82, 2.24) is 0 Å². The normalized spacial score (nSPS) is 17.5. The quantitative estimate of drug-likeness (QED) is 0.502. The van der Waals surface area contributed by atoms with Crippen molar-refractivity contribution in [1.29, 1.82) is 0 Å². The highest BCUT2D eigenvalue weighted by Crippen LogP contribution is 2.44. The van der Waals surface area contributed by atoms with Crippen LogP contribution in [0.2, 0.25) is 0 Å². The molecule has 3 rings (SSSR count). The van der Waals surface area contributed by atoms with Crippen LogP contribution in [0.4, 0.5) is 0 Å². The van der Waals surface area contributed by atoms with Crippen LogP contribution < -0.4 is 9.47 Å². The van der Waals surface area contributed by atoms with E-state index in [2.05, 4.69) is 25.1 Å². The topological polar surface area (TPSA) is 61.8 Å². The Labute approximate surface area is 177 Å². The molecule has 2 unspecified atom stereocenters. The van der Waals surface area contributed by atoms with Gasteiger partial charge in [0.15, 0.2) is 0 Å². The fraction of sp³-hybridized carbons (Fsp3) is 0.280. The Bertz CT molecular complexity index is 970. The van der Waals surface area contributed by atoms with Gasteiger partial charge >= 0.3 is 11.9 Å². The Morgan fingerprint density at radius 1 is 0.867 bits per heavy atom. The van der Waals surface area contributed by atoms with E-state index in [4.69, 9.17) is 14.2 Å². The molecule has 2 aromatic rings. The summed E-state index contributed by atoms with van der Waals surface area (Å²) >= 11 is 0. The zero-order valence-electron chi connectivity index (χ0n) is 17.7. The molecule has 5 nitrogen and oxygen atoms in total. The van der Waals surface area contributed by atoms with E-state index in [0.717, 1.165) is 16.9 Å². The Balaban J connectivity index is 1.99. The van der Waals surface area contributed by atoms with Gasteiger partial charge in [0.1, 0.15) is 17.3 Å². The van der Waals surface area contributed by atoms with Crippen LogP contribution in [0, 0.1) is 5.92 Å². The first-order valence-corrected chi connectivity index (χ1v) is 9.83. The minimum atomic E-state index is -0.365. The standard InChI is InChI=1S/C25H26O5/c1-17(26)29-23-13-7-20(8-14-23)25(3,19-5-11-22(28-4)12-6-19)21-9-15-24(16-10-21)30-18(2)27/h5-9,11-16,21H,10H2,1-4H3. The van der Waals surface area contributed by atoms with Gasteiger partial charge in [0, 0.05) is 19.3 Å². The van der Waals surface area contributed by atoms with Crippen LogP contribution >= 0.6 is 0 Å². The summed E-state index contributed by atoms with van der Waals surface area (Å²) in [5.74, 6) is 1.33. The Morgan fingerprint density at radius 2 is 1.40 bits per heavy atom. The lowest BCUT2D eigenvalue weighted by Crippen LogP contribution is -2.33. The van der Waals surface area contributed by atoms with Crippen LogP contribution in [0.1, 0.15) is 38.3 Å². The first-order chi connectivity index (χ1) is 14.3. The van der Waals surface area contributed by atoms with Gasteiger partial charge in [0.25, 0.3) is 0 Å². The van der Waals surface area contributed by atoms with Crippen LogP contribution in [0.25, 0.3) is 0 Å². The van der Waals surface area contributed by atoms with Crippen LogP contribution in [-0.4, -0.2) is 19.0 Å². The zero-order valence-corrected chi connectivity index (χ0v) is 17.7. The Hall–Kier alpha value is -3.34. The van der Waals surface area contributed by atoms with Crippen molar-refractivity contribution in [2.45, 2.75) is 32.6 Å². The predicted molar refractivity (Wildman–Crippen MR) is 114 cm³/mol. The number of allylic oxidation sites excluding steroid dienone is 3. The maximum Gasteiger partial charge on any atom is 0.308 e. The third-order valence-corrected chi connectivity index (χ3v) is 5.47. The minimum Gasteiger partial charge on any atom is -0.497 e. The van der Waals surface area contributed by atoms with Gasteiger partial charge in [0.2, 0.25) is 0 Å². The van der Waals surface area contributed by atoms with Crippen LogP contribution in [0.3, 0.4) is 0 Å². The predicted octanol–water partition coefficient (Wildman–Crippen LogP) is 4.95. The van der Waals surface area contributed by atoms with Crippen molar-refractivity contribution in [2.24, 2.45) is 5.92 Å². The second-order valence-electron chi connectivity index (χ2n) is 7.45. The molecular weight excluding hydrogens is 380 g/mol. The third kappa shape index (κ3) is 4.62. The van der Waals surface area contributed by atoms with Crippen molar-refractivity contribution >= 4 is 11.9 Å². The van der Waals surface area contributed by atoms with Crippen molar-refractivity contribution in [3.05, 3.63) is 83.6 Å². The summed E-state index contributed by atoms with van der Waals surface area (Å²) in [6.45, 7) is 4.97. The summed E-state index contributed by atoms with van der Waals surface area (Å²) in [4.78, 5) is 22.5. The smallest absolute Gasteiger partial charge is 0.308 e. The molecule has 1 aliphatic rings. The highest BCUT2D eigenvalue weighted by Gasteiger charge is 2.37. The molecule has 0 fully saturated rings. The lowest BCUT2D eigenvalue weighted by molar-refractivity contribution is -0.136. The molecule has 0 spiro atoms. The van der Waals surface area contributed by atoms with Gasteiger partial charge in [-0.1, -0.05) is 37.3 Å². The molecule has 0 aromatic heterocycles. The maximum atomic E-state index is 11.3. The Kier molecular flexibility index (Phi) is 6.40. The van der Waals surface area contributed by atoms with Gasteiger partial charge < -0.3 is 14.2 Å². The SMILES string of the molecule is COc1ccc(C(C)(c2ccc(OC(C)=O)cc2)C2C=CC(OC(C)=O)=CC2)cc1. The number of esters is 2. The van der Waals surface area contributed by atoms with Crippen molar-refractivity contribution < 1.29 is 23.8 Å². The summed E-state index contributed by atoms with van der Waals surface area (Å²) in [7, 11) is 1.65. The van der Waals surface area contributed by atoms with Crippen LogP contribution in [-0.2, 0) is 19.7 Å². The van der Waals surface area contributed by atoms with E-state index in [1.54, 1.807) is 7.11 Å². The second-order valence-corrected chi connectivity index (χ2v) is 7.45. The average molecular weight is 406 g/mol. The molecule has 2 aromatic carbocycles. The highest BCUT2D eigenvalue weighted by atomic mass is 16.5. The number of carbonyl (C=O) groups excluding carboxylic acids is 2. The molecule has 0 amide bonds. The number of methoxy groups -OCH3 is 1. The second kappa shape index (κ2) is 8.99. The van der Waals surface area contributed by atoms with Crippen LogP contribution in [0.5, 0.6) is 11.5 Å². The molecule has 2 atom stereocenters. The van der Waals surface area contributed by atoms with Crippen molar-refractivity contribution in [3.8, 4) is 11.5 Å². The first-order valence-electron chi connectivity index (χ1n) is 9.83. The fourth-order valence-electron chi connectivity index (χ4n) is 3.84. The summed E-state index contributed by atoms with van der Waals surface area (Å²) in [5, 5.41) is 0. The summed E-state index contributed by atoms with van der Waals surface area (Å²) in [5.41, 5.74) is 1.85. The molecule has 0 bridgehead atoms. The number of hydrogen-bond acceptors (Lipinski definition) is 5. The van der Waals surface area contributed by atoms with Gasteiger partial charge in [-0.3, -0.25) is 9.59 Å². The molecular formula is C25H26O5. The van der Waals surface area contributed by atoms with Crippen molar-refractivity contribution in [2.75, 3.05) is 7.11 Å². The van der Waals surface area contributed by atoms with E-state index < -0.39 is 0 Å². The molecule has 0 heterocycles. The monoisotopic (exact) mass is 406 g/mol.